The van der Waals surface area contributed by atoms with Crippen LogP contribution in [-0.4, -0.2) is 18.1 Å². The molecule has 0 saturated carbocycles. The number of ether oxygens (including phenoxy) is 2. The fourth-order valence-electron chi connectivity index (χ4n) is 1.76. The van der Waals surface area contributed by atoms with Crippen LogP contribution < -0.4 is 14.8 Å². The molecule has 1 N–H and O–H groups in total. The van der Waals surface area contributed by atoms with Crippen LogP contribution in [0.15, 0.2) is 42.6 Å². The van der Waals surface area contributed by atoms with Crippen molar-refractivity contribution < 1.29 is 9.47 Å². The number of nitrogens with one attached hydrogen (secondary N) is 1. The van der Waals surface area contributed by atoms with E-state index in [-0.39, 0.29) is 0 Å². The van der Waals surface area contributed by atoms with E-state index in [0.717, 1.165) is 30.3 Å². The Morgan fingerprint density at radius 1 is 1.10 bits per heavy atom. The van der Waals surface area contributed by atoms with Crippen molar-refractivity contribution in [2.45, 2.75) is 20.3 Å². The van der Waals surface area contributed by atoms with Gasteiger partial charge in [0, 0.05) is 18.8 Å². The summed E-state index contributed by atoms with van der Waals surface area (Å²) >= 11 is 0. The summed E-state index contributed by atoms with van der Waals surface area (Å²) in [4.78, 5) is 4.25. The minimum atomic E-state index is 0.611. The molecule has 0 fully saturated rings. The lowest BCUT2D eigenvalue weighted by molar-refractivity contribution is 0.321. The van der Waals surface area contributed by atoms with Gasteiger partial charge in [-0.25, -0.2) is 4.98 Å². The second-order valence-electron chi connectivity index (χ2n) is 4.29. The second-order valence-corrected chi connectivity index (χ2v) is 4.29. The van der Waals surface area contributed by atoms with Crippen LogP contribution in [0.2, 0.25) is 0 Å². The van der Waals surface area contributed by atoms with E-state index in [2.05, 4.69) is 17.2 Å². The van der Waals surface area contributed by atoms with Crippen LogP contribution in [0.1, 0.15) is 20.3 Å². The van der Waals surface area contributed by atoms with Crippen LogP contribution in [0.5, 0.6) is 17.2 Å². The SMILES string of the molecule is CCCNc1cc(Oc2ccccc2OCC)ccn1. The Labute approximate surface area is 119 Å². The van der Waals surface area contributed by atoms with Crippen LogP contribution in [-0.2, 0) is 0 Å². The third-order valence-electron chi connectivity index (χ3n) is 2.66. The van der Waals surface area contributed by atoms with Gasteiger partial charge in [0.15, 0.2) is 11.5 Å². The van der Waals surface area contributed by atoms with Crippen molar-refractivity contribution >= 4 is 5.82 Å². The topological polar surface area (TPSA) is 43.4 Å². The third kappa shape index (κ3) is 3.88. The lowest BCUT2D eigenvalue weighted by atomic mass is 10.3. The zero-order valence-electron chi connectivity index (χ0n) is 11.9. The fraction of sp³-hybridized carbons (Fsp3) is 0.312. The molecule has 0 aliphatic rings. The van der Waals surface area contributed by atoms with Crippen molar-refractivity contribution in [3.8, 4) is 17.2 Å². The van der Waals surface area contributed by atoms with E-state index in [1.165, 1.54) is 0 Å². The van der Waals surface area contributed by atoms with Crippen LogP contribution in [0.3, 0.4) is 0 Å². The molecule has 20 heavy (non-hydrogen) atoms. The summed E-state index contributed by atoms with van der Waals surface area (Å²) in [6.45, 7) is 5.58. The van der Waals surface area contributed by atoms with Gasteiger partial charge in [-0.15, -0.1) is 0 Å². The Morgan fingerprint density at radius 2 is 1.90 bits per heavy atom. The molecule has 1 aromatic carbocycles. The van der Waals surface area contributed by atoms with Crippen LogP contribution in [0.25, 0.3) is 0 Å². The number of para-hydroxylation sites is 2. The number of nitrogens with zero attached hydrogens (tertiary/aromatic N) is 1. The van der Waals surface area contributed by atoms with Gasteiger partial charge >= 0.3 is 0 Å². The van der Waals surface area contributed by atoms with Gasteiger partial charge in [0.05, 0.1) is 6.61 Å². The zero-order valence-corrected chi connectivity index (χ0v) is 11.9. The van der Waals surface area contributed by atoms with E-state index >= 15 is 0 Å². The maximum atomic E-state index is 5.88. The lowest BCUT2D eigenvalue weighted by Crippen LogP contribution is -2.01. The zero-order chi connectivity index (χ0) is 14.2. The summed E-state index contributed by atoms with van der Waals surface area (Å²) in [6.07, 6.45) is 2.79. The summed E-state index contributed by atoms with van der Waals surface area (Å²) in [7, 11) is 0. The average Bonchev–Trinajstić information content (AvgIpc) is 2.48. The first-order valence-corrected chi connectivity index (χ1v) is 6.93. The van der Waals surface area contributed by atoms with Gasteiger partial charge in [-0.1, -0.05) is 19.1 Å². The van der Waals surface area contributed by atoms with Crippen molar-refractivity contribution in [2.24, 2.45) is 0 Å². The molecule has 0 spiro atoms. The molecule has 1 aromatic heterocycles. The molecular formula is C16H20N2O2. The molecule has 0 aliphatic heterocycles. The monoisotopic (exact) mass is 272 g/mol. The van der Waals surface area contributed by atoms with E-state index in [1.54, 1.807) is 6.20 Å². The van der Waals surface area contributed by atoms with Crippen molar-refractivity contribution in [1.82, 2.24) is 4.98 Å². The number of aromatic nitrogens is 1. The minimum Gasteiger partial charge on any atom is -0.490 e. The fourth-order valence-corrected chi connectivity index (χ4v) is 1.76. The molecule has 0 saturated heterocycles. The van der Waals surface area contributed by atoms with Crippen LogP contribution >= 0.6 is 0 Å². The molecule has 106 valence electrons. The highest BCUT2D eigenvalue weighted by molar-refractivity contribution is 5.46. The molecule has 0 aliphatic carbocycles. The Balaban J connectivity index is 2.13. The molecule has 2 rings (SSSR count). The Morgan fingerprint density at radius 3 is 2.65 bits per heavy atom. The summed E-state index contributed by atoms with van der Waals surface area (Å²) in [5, 5.41) is 3.24. The van der Waals surface area contributed by atoms with Crippen molar-refractivity contribution in [1.29, 1.82) is 0 Å². The minimum absolute atomic E-state index is 0.611. The summed E-state index contributed by atoms with van der Waals surface area (Å²) in [5.41, 5.74) is 0. The van der Waals surface area contributed by atoms with E-state index in [9.17, 15) is 0 Å². The quantitative estimate of drug-likeness (QED) is 0.824. The third-order valence-corrected chi connectivity index (χ3v) is 2.66. The molecule has 4 nitrogen and oxygen atoms in total. The van der Waals surface area contributed by atoms with E-state index in [0.29, 0.717) is 12.4 Å². The van der Waals surface area contributed by atoms with Crippen LogP contribution in [0.4, 0.5) is 5.82 Å². The molecule has 0 atom stereocenters. The molecular weight excluding hydrogens is 252 g/mol. The average molecular weight is 272 g/mol. The maximum Gasteiger partial charge on any atom is 0.169 e. The number of rotatable bonds is 7. The normalized spacial score (nSPS) is 10.1. The molecule has 4 heteroatoms. The predicted octanol–water partition coefficient (Wildman–Crippen LogP) is 4.09. The summed E-state index contributed by atoms with van der Waals surface area (Å²) < 4.78 is 11.4. The molecule has 2 aromatic rings. The highest BCUT2D eigenvalue weighted by Gasteiger charge is 2.05. The van der Waals surface area contributed by atoms with Gasteiger partial charge in [0.25, 0.3) is 0 Å². The number of pyridine rings is 1. The van der Waals surface area contributed by atoms with Gasteiger partial charge in [0.1, 0.15) is 11.6 Å². The summed E-state index contributed by atoms with van der Waals surface area (Å²) in [6, 6.07) is 11.4. The van der Waals surface area contributed by atoms with Gasteiger partial charge in [0.2, 0.25) is 0 Å². The standard InChI is InChI=1S/C16H20N2O2/c1-3-10-17-16-12-13(9-11-18-16)20-15-8-6-5-7-14(15)19-4-2/h5-9,11-12H,3-4,10H2,1-2H3,(H,17,18). The molecule has 1 heterocycles. The van der Waals surface area contributed by atoms with Crippen molar-refractivity contribution in [3.63, 3.8) is 0 Å². The van der Waals surface area contributed by atoms with E-state index < -0.39 is 0 Å². The number of benzene rings is 1. The van der Waals surface area contributed by atoms with E-state index in [1.807, 2.05) is 43.3 Å². The largest absolute Gasteiger partial charge is 0.490 e. The van der Waals surface area contributed by atoms with Crippen molar-refractivity contribution in [3.05, 3.63) is 42.6 Å². The molecule has 0 radical (unpaired) electrons. The first-order valence-electron chi connectivity index (χ1n) is 6.93. The first kappa shape index (κ1) is 14.2. The lowest BCUT2D eigenvalue weighted by Gasteiger charge is -2.12. The highest BCUT2D eigenvalue weighted by atomic mass is 16.5. The van der Waals surface area contributed by atoms with Gasteiger partial charge in [-0.2, -0.15) is 0 Å². The van der Waals surface area contributed by atoms with Crippen molar-refractivity contribution in [2.75, 3.05) is 18.5 Å². The first-order chi connectivity index (χ1) is 9.83. The Kier molecular flexibility index (Phi) is 5.24. The second kappa shape index (κ2) is 7.38. The maximum absolute atomic E-state index is 5.88. The predicted molar refractivity (Wildman–Crippen MR) is 80.7 cm³/mol. The molecule has 0 amide bonds. The van der Waals surface area contributed by atoms with Gasteiger partial charge in [-0.05, 0) is 31.5 Å². The number of hydrogen-bond donors (Lipinski definition) is 1. The smallest absolute Gasteiger partial charge is 0.169 e. The van der Waals surface area contributed by atoms with Crippen LogP contribution in [0, 0.1) is 0 Å². The summed E-state index contributed by atoms with van der Waals surface area (Å²) in [5.74, 6) is 3.01. The van der Waals surface area contributed by atoms with Gasteiger partial charge < -0.3 is 14.8 Å². The number of anilines is 1. The Bertz CT molecular complexity index is 544. The van der Waals surface area contributed by atoms with E-state index in [4.69, 9.17) is 9.47 Å². The highest BCUT2D eigenvalue weighted by Crippen LogP contribution is 2.31. The molecule has 0 unspecified atom stereocenters. The Hall–Kier alpha value is -2.23. The number of hydrogen-bond acceptors (Lipinski definition) is 4. The van der Waals surface area contributed by atoms with Gasteiger partial charge in [-0.3, -0.25) is 0 Å². The molecule has 0 bridgehead atoms.